The summed E-state index contributed by atoms with van der Waals surface area (Å²) in [5, 5.41) is 3.90. The predicted octanol–water partition coefficient (Wildman–Crippen LogP) is 6.55. The topological polar surface area (TPSA) is 24.1 Å². The van der Waals surface area contributed by atoms with Crippen LogP contribution in [0.25, 0.3) is 0 Å². The van der Waals surface area contributed by atoms with Crippen LogP contribution in [-0.4, -0.2) is 5.11 Å². The molecule has 28 heavy (non-hydrogen) atoms. The molecule has 0 aliphatic heterocycles. The lowest BCUT2D eigenvalue weighted by Gasteiger charge is -2.16. The summed E-state index contributed by atoms with van der Waals surface area (Å²) in [7, 11) is 0. The molecule has 2 aromatic rings. The van der Waals surface area contributed by atoms with Gasteiger partial charge in [0.2, 0.25) is 0 Å². The van der Waals surface area contributed by atoms with Gasteiger partial charge in [0, 0.05) is 11.4 Å². The van der Waals surface area contributed by atoms with Crippen molar-refractivity contribution in [3.05, 3.63) is 59.2 Å². The van der Waals surface area contributed by atoms with Crippen LogP contribution >= 0.6 is 12.2 Å². The van der Waals surface area contributed by atoms with E-state index < -0.39 is 46.0 Å². The quantitative estimate of drug-likeness (QED) is 0.416. The van der Waals surface area contributed by atoms with Crippen molar-refractivity contribution in [1.82, 2.24) is 0 Å². The van der Waals surface area contributed by atoms with E-state index in [2.05, 4.69) is 10.6 Å². The minimum atomic E-state index is -5.05. The molecule has 2 N–H and O–H groups in total. The maximum absolute atomic E-state index is 12.8. The van der Waals surface area contributed by atoms with Gasteiger partial charge in [0.1, 0.15) is 0 Å². The van der Waals surface area contributed by atoms with E-state index in [1.165, 1.54) is 6.07 Å². The van der Waals surface area contributed by atoms with Gasteiger partial charge in [0.05, 0.1) is 16.7 Å². The number of halogens is 9. The SMILES string of the molecule is FC(F)(F)c1cccc(NC(=S)Nc2cc(C(F)(F)F)cc(C(F)(F)F)c2)c1. The second-order valence-corrected chi connectivity index (χ2v) is 5.86. The van der Waals surface area contributed by atoms with E-state index >= 15 is 0 Å². The van der Waals surface area contributed by atoms with Crippen molar-refractivity contribution in [1.29, 1.82) is 0 Å². The van der Waals surface area contributed by atoms with Gasteiger partial charge in [-0.05, 0) is 48.6 Å². The van der Waals surface area contributed by atoms with Crippen LogP contribution in [0, 0.1) is 0 Å². The van der Waals surface area contributed by atoms with E-state index in [1.807, 2.05) is 0 Å². The van der Waals surface area contributed by atoms with Gasteiger partial charge in [-0.25, -0.2) is 0 Å². The Labute approximate surface area is 157 Å². The molecule has 0 heterocycles. The first kappa shape index (κ1) is 21.8. The molecule has 0 fully saturated rings. The molecule has 0 spiro atoms. The van der Waals surface area contributed by atoms with Crippen molar-refractivity contribution >= 4 is 28.7 Å². The smallest absolute Gasteiger partial charge is 0.332 e. The second kappa shape index (κ2) is 7.49. The molecule has 0 unspecified atom stereocenters. The lowest BCUT2D eigenvalue weighted by atomic mass is 10.1. The minimum Gasteiger partial charge on any atom is -0.332 e. The summed E-state index contributed by atoms with van der Waals surface area (Å²) in [4.78, 5) is 0. The summed E-state index contributed by atoms with van der Waals surface area (Å²) in [5.74, 6) is 0. The Morgan fingerprint density at radius 3 is 1.50 bits per heavy atom. The number of rotatable bonds is 2. The zero-order valence-corrected chi connectivity index (χ0v) is 14.2. The molecule has 0 aliphatic carbocycles. The Morgan fingerprint density at radius 2 is 1.04 bits per heavy atom. The number of anilines is 2. The van der Waals surface area contributed by atoms with Crippen LogP contribution in [0.15, 0.2) is 42.5 Å². The molecular formula is C16H9F9N2S. The number of hydrogen-bond donors (Lipinski definition) is 2. The maximum atomic E-state index is 12.8. The number of hydrogen-bond acceptors (Lipinski definition) is 1. The summed E-state index contributed by atoms with van der Waals surface area (Å²) in [6.07, 6.45) is -14.7. The third kappa shape index (κ3) is 5.75. The average Bonchev–Trinajstić information content (AvgIpc) is 2.52. The van der Waals surface area contributed by atoms with Crippen molar-refractivity contribution < 1.29 is 39.5 Å². The van der Waals surface area contributed by atoms with Gasteiger partial charge in [0.25, 0.3) is 0 Å². The van der Waals surface area contributed by atoms with Crippen LogP contribution in [0.4, 0.5) is 50.9 Å². The van der Waals surface area contributed by atoms with Gasteiger partial charge in [-0.3, -0.25) is 0 Å². The zero-order chi connectivity index (χ0) is 21.3. The van der Waals surface area contributed by atoms with Crippen LogP contribution in [0.5, 0.6) is 0 Å². The first-order valence-electron chi connectivity index (χ1n) is 7.21. The molecule has 0 saturated heterocycles. The third-order valence-electron chi connectivity index (χ3n) is 3.29. The lowest BCUT2D eigenvalue weighted by molar-refractivity contribution is -0.143. The van der Waals surface area contributed by atoms with Crippen molar-refractivity contribution in [2.75, 3.05) is 10.6 Å². The fourth-order valence-corrected chi connectivity index (χ4v) is 2.33. The Balaban J connectivity index is 2.26. The van der Waals surface area contributed by atoms with Gasteiger partial charge in [0.15, 0.2) is 5.11 Å². The number of nitrogens with one attached hydrogen (secondary N) is 2. The minimum absolute atomic E-state index is 0.0611. The largest absolute Gasteiger partial charge is 0.416 e. The van der Waals surface area contributed by atoms with Crippen LogP contribution < -0.4 is 10.6 Å². The molecule has 0 radical (unpaired) electrons. The monoisotopic (exact) mass is 432 g/mol. The summed E-state index contributed by atoms with van der Waals surface area (Å²) in [6, 6.07) is 4.45. The van der Waals surface area contributed by atoms with Crippen molar-refractivity contribution in [3.63, 3.8) is 0 Å². The molecule has 0 atom stereocenters. The summed E-state index contributed by atoms with van der Waals surface area (Å²) < 4.78 is 115. The highest BCUT2D eigenvalue weighted by Crippen LogP contribution is 2.37. The Hall–Kier alpha value is -2.50. The third-order valence-corrected chi connectivity index (χ3v) is 3.50. The number of alkyl halides is 9. The van der Waals surface area contributed by atoms with Gasteiger partial charge >= 0.3 is 18.5 Å². The fraction of sp³-hybridized carbons (Fsp3) is 0.188. The molecule has 0 bridgehead atoms. The molecule has 2 aromatic carbocycles. The standard InChI is InChI=1S/C16H9F9N2S/c17-14(18,19)8-2-1-3-11(5-8)26-13(28)27-12-6-9(15(20,21)22)4-10(7-12)16(23,24)25/h1-7H,(H2,26,27,28). The molecule has 2 nitrogen and oxygen atoms in total. The molecule has 0 saturated carbocycles. The first-order chi connectivity index (χ1) is 12.7. The maximum Gasteiger partial charge on any atom is 0.416 e. The lowest BCUT2D eigenvalue weighted by Crippen LogP contribution is -2.21. The second-order valence-electron chi connectivity index (χ2n) is 5.45. The van der Waals surface area contributed by atoms with Crippen molar-refractivity contribution in [2.24, 2.45) is 0 Å². The van der Waals surface area contributed by atoms with E-state index in [9.17, 15) is 39.5 Å². The summed E-state index contributed by atoms with van der Waals surface area (Å²) in [5.41, 5.74) is -4.93. The highest BCUT2D eigenvalue weighted by atomic mass is 32.1. The van der Waals surface area contributed by atoms with E-state index in [0.29, 0.717) is 18.2 Å². The molecule has 0 aromatic heterocycles. The van der Waals surface area contributed by atoms with E-state index in [1.54, 1.807) is 0 Å². The molecule has 0 aliphatic rings. The van der Waals surface area contributed by atoms with Crippen LogP contribution in [0.2, 0.25) is 0 Å². The Kier molecular flexibility index (Phi) is 5.83. The van der Waals surface area contributed by atoms with Crippen molar-refractivity contribution in [3.8, 4) is 0 Å². The van der Waals surface area contributed by atoms with E-state index in [0.717, 1.165) is 12.1 Å². The molecule has 2 rings (SSSR count). The van der Waals surface area contributed by atoms with Gasteiger partial charge in [-0.1, -0.05) is 6.07 Å². The highest BCUT2D eigenvalue weighted by Gasteiger charge is 2.37. The Bertz CT molecular complexity index is 837. The average molecular weight is 432 g/mol. The molecule has 0 amide bonds. The molecule has 12 heteroatoms. The van der Waals surface area contributed by atoms with Crippen LogP contribution in [0.3, 0.4) is 0 Å². The molecular weight excluding hydrogens is 423 g/mol. The molecule has 152 valence electrons. The van der Waals surface area contributed by atoms with Crippen molar-refractivity contribution in [2.45, 2.75) is 18.5 Å². The summed E-state index contributed by atoms with van der Waals surface area (Å²) >= 11 is 4.76. The number of thiocarbonyl (C=S) groups is 1. The fourth-order valence-electron chi connectivity index (χ4n) is 2.09. The van der Waals surface area contributed by atoms with E-state index in [-0.39, 0.29) is 11.8 Å². The zero-order valence-electron chi connectivity index (χ0n) is 13.4. The van der Waals surface area contributed by atoms with Crippen LogP contribution in [-0.2, 0) is 18.5 Å². The van der Waals surface area contributed by atoms with Crippen LogP contribution in [0.1, 0.15) is 16.7 Å². The van der Waals surface area contributed by atoms with E-state index in [4.69, 9.17) is 12.2 Å². The van der Waals surface area contributed by atoms with Gasteiger partial charge in [-0.15, -0.1) is 0 Å². The first-order valence-corrected chi connectivity index (χ1v) is 7.62. The highest BCUT2D eigenvalue weighted by molar-refractivity contribution is 7.80. The summed E-state index contributed by atoms with van der Waals surface area (Å²) in [6.45, 7) is 0. The van der Waals surface area contributed by atoms with Gasteiger partial charge < -0.3 is 10.6 Å². The number of benzene rings is 2. The normalized spacial score (nSPS) is 12.6. The Morgan fingerprint density at radius 1 is 0.607 bits per heavy atom. The predicted molar refractivity (Wildman–Crippen MR) is 87.7 cm³/mol. The van der Waals surface area contributed by atoms with Gasteiger partial charge in [-0.2, -0.15) is 39.5 Å².